The van der Waals surface area contributed by atoms with E-state index in [0.29, 0.717) is 32.2 Å². The van der Waals surface area contributed by atoms with E-state index >= 15 is 0 Å². The van der Waals surface area contributed by atoms with Gasteiger partial charge in [0.15, 0.2) is 0 Å². The molecule has 0 atom stereocenters. The van der Waals surface area contributed by atoms with Gasteiger partial charge in [-0.2, -0.15) is 13.2 Å². The van der Waals surface area contributed by atoms with Crippen LogP contribution in [0.3, 0.4) is 0 Å². The first-order valence-corrected chi connectivity index (χ1v) is 7.46. The fourth-order valence-corrected chi connectivity index (χ4v) is 2.33. The third kappa shape index (κ3) is 5.02. The van der Waals surface area contributed by atoms with Crippen LogP contribution >= 0.6 is 0 Å². The van der Waals surface area contributed by atoms with Crippen LogP contribution in [0.15, 0.2) is 24.3 Å². The molecule has 0 unspecified atom stereocenters. The summed E-state index contributed by atoms with van der Waals surface area (Å²) in [7, 11) is 0. The molecule has 0 aliphatic heterocycles. The molecule has 1 aromatic carbocycles. The van der Waals surface area contributed by atoms with Gasteiger partial charge in [0.25, 0.3) is 0 Å². The highest BCUT2D eigenvalue weighted by Gasteiger charge is 2.31. The Kier molecular flexibility index (Phi) is 5.45. The number of carbonyl (C=O) groups is 1. The van der Waals surface area contributed by atoms with Crippen molar-refractivity contribution in [1.82, 2.24) is 4.90 Å². The minimum absolute atomic E-state index is 0.236. The van der Waals surface area contributed by atoms with Gasteiger partial charge in [-0.1, -0.05) is 12.1 Å². The minimum atomic E-state index is -4.31. The normalized spacial score (nSPS) is 15.1. The maximum Gasteiger partial charge on any atom is 0.416 e. The second-order valence-electron chi connectivity index (χ2n) is 5.45. The molecule has 22 heavy (non-hydrogen) atoms. The topological polar surface area (TPSA) is 29.5 Å². The van der Waals surface area contributed by atoms with Crippen molar-refractivity contribution in [2.75, 3.05) is 13.2 Å². The van der Waals surface area contributed by atoms with Gasteiger partial charge < -0.3 is 4.74 Å². The van der Waals surface area contributed by atoms with Crippen LogP contribution in [-0.4, -0.2) is 30.1 Å². The Labute approximate surface area is 128 Å². The summed E-state index contributed by atoms with van der Waals surface area (Å²) in [6.45, 7) is 3.26. The average Bonchev–Trinajstić information content (AvgIpc) is 3.28. The highest BCUT2D eigenvalue weighted by atomic mass is 19.4. The van der Waals surface area contributed by atoms with E-state index in [1.54, 1.807) is 6.92 Å². The van der Waals surface area contributed by atoms with E-state index in [0.717, 1.165) is 30.5 Å². The Balaban J connectivity index is 1.92. The van der Waals surface area contributed by atoms with Crippen molar-refractivity contribution in [2.24, 2.45) is 0 Å². The number of rotatable bonds is 7. The highest BCUT2D eigenvalue weighted by molar-refractivity contribution is 5.69. The Bertz CT molecular complexity index is 495. The number of hydrogen-bond acceptors (Lipinski definition) is 3. The molecule has 6 heteroatoms. The summed E-state index contributed by atoms with van der Waals surface area (Å²) in [4.78, 5) is 13.6. The molecule has 2 rings (SSSR count). The SMILES string of the molecule is CCOC(=O)CCN(Cc1ccc(C(F)(F)F)cc1)C1CC1. The summed E-state index contributed by atoms with van der Waals surface area (Å²) in [5.41, 5.74) is 0.185. The second-order valence-corrected chi connectivity index (χ2v) is 5.45. The molecule has 1 aliphatic rings. The van der Waals surface area contributed by atoms with E-state index in [-0.39, 0.29) is 5.97 Å². The lowest BCUT2D eigenvalue weighted by Crippen LogP contribution is -2.28. The Morgan fingerprint density at radius 1 is 1.27 bits per heavy atom. The molecule has 1 aromatic rings. The zero-order valence-corrected chi connectivity index (χ0v) is 12.5. The molecule has 1 aliphatic carbocycles. The zero-order valence-electron chi connectivity index (χ0n) is 12.5. The maximum absolute atomic E-state index is 12.5. The minimum Gasteiger partial charge on any atom is -0.466 e. The van der Waals surface area contributed by atoms with Crippen LogP contribution < -0.4 is 0 Å². The van der Waals surface area contributed by atoms with Gasteiger partial charge in [0.2, 0.25) is 0 Å². The standard InChI is InChI=1S/C16H20F3NO2/c1-2-22-15(21)9-10-20(14-7-8-14)11-12-3-5-13(6-4-12)16(17,18)19/h3-6,14H,2,7-11H2,1H3. The molecule has 0 radical (unpaired) electrons. The summed E-state index contributed by atoms with van der Waals surface area (Å²) >= 11 is 0. The number of nitrogens with zero attached hydrogens (tertiary/aromatic N) is 1. The number of esters is 1. The fraction of sp³-hybridized carbons (Fsp3) is 0.562. The first kappa shape index (κ1) is 16.8. The van der Waals surface area contributed by atoms with E-state index < -0.39 is 11.7 Å². The predicted octanol–water partition coefficient (Wildman–Crippen LogP) is 3.62. The third-order valence-corrected chi connectivity index (χ3v) is 3.64. The second kappa shape index (κ2) is 7.13. The van der Waals surface area contributed by atoms with E-state index in [2.05, 4.69) is 4.90 Å². The van der Waals surface area contributed by atoms with Gasteiger partial charge in [0.1, 0.15) is 0 Å². The number of carbonyl (C=O) groups excluding carboxylic acids is 1. The number of alkyl halides is 3. The third-order valence-electron chi connectivity index (χ3n) is 3.64. The van der Waals surface area contributed by atoms with Gasteiger partial charge in [-0.15, -0.1) is 0 Å². The molecule has 1 saturated carbocycles. The van der Waals surface area contributed by atoms with Gasteiger partial charge in [0, 0.05) is 19.1 Å². The van der Waals surface area contributed by atoms with Gasteiger partial charge in [-0.25, -0.2) is 0 Å². The van der Waals surface area contributed by atoms with E-state index in [4.69, 9.17) is 4.74 Å². The average molecular weight is 315 g/mol. The largest absolute Gasteiger partial charge is 0.466 e. The van der Waals surface area contributed by atoms with Crippen LogP contribution in [0.1, 0.15) is 37.3 Å². The molecular formula is C16H20F3NO2. The molecule has 0 spiro atoms. The summed E-state index contributed by atoms with van der Waals surface area (Å²) < 4.78 is 42.5. The predicted molar refractivity (Wildman–Crippen MR) is 76.1 cm³/mol. The molecule has 0 saturated heterocycles. The van der Waals surface area contributed by atoms with Crippen molar-refractivity contribution in [1.29, 1.82) is 0 Å². The first-order chi connectivity index (χ1) is 10.4. The molecule has 0 aromatic heterocycles. The molecule has 0 heterocycles. The summed E-state index contributed by atoms with van der Waals surface area (Å²) in [6, 6.07) is 5.64. The Morgan fingerprint density at radius 2 is 1.91 bits per heavy atom. The van der Waals surface area contributed by atoms with Crippen LogP contribution in [0.25, 0.3) is 0 Å². The van der Waals surface area contributed by atoms with Gasteiger partial charge in [-0.05, 0) is 37.5 Å². The Morgan fingerprint density at radius 3 is 2.41 bits per heavy atom. The molecule has 0 N–H and O–H groups in total. The van der Waals surface area contributed by atoms with Crippen molar-refractivity contribution in [3.8, 4) is 0 Å². The van der Waals surface area contributed by atoms with Crippen molar-refractivity contribution in [2.45, 2.75) is 44.9 Å². The molecule has 1 fully saturated rings. The van der Waals surface area contributed by atoms with Crippen molar-refractivity contribution in [3.05, 3.63) is 35.4 Å². The molecule has 122 valence electrons. The highest BCUT2D eigenvalue weighted by Crippen LogP contribution is 2.31. The van der Waals surface area contributed by atoms with Crippen LogP contribution in [0.2, 0.25) is 0 Å². The van der Waals surface area contributed by atoms with Crippen molar-refractivity contribution < 1.29 is 22.7 Å². The molecule has 0 amide bonds. The van der Waals surface area contributed by atoms with Crippen LogP contribution in [0, 0.1) is 0 Å². The van der Waals surface area contributed by atoms with Gasteiger partial charge >= 0.3 is 12.1 Å². The summed E-state index contributed by atoms with van der Waals surface area (Å²) in [5, 5.41) is 0. The summed E-state index contributed by atoms with van der Waals surface area (Å²) in [5.74, 6) is -0.236. The first-order valence-electron chi connectivity index (χ1n) is 7.46. The van der Waals surface area contributed by atoms with Gasteiger partial charge in [0.05, 0.1) is 18.6 Å². The van der Waals surface area contributed by atoms with E-state index in [1.165, 1.54) is 12.1 Å². The quantitative estimate of drug-likeness (QED) is 0.720. The van der Waals surface area contributed by atoms with Crippen LogP contribution in [0.4, 0.5) is 13.2 Å². The van der Waals surface area contributed by atoms with Crippen molar-refractivity contribution in [3.63, 3.8) is 0 Å². The molecule has 3 nitrogen and oxygen atoms in total. The lowest BCUT2D eigenvalue weighted by atomic mass is 10.1. The molecular weight excluding hydrogens is 295 g/mol. The number of halogens is 3. The lowest BCUT2D eigenvalue weighted by Gasteiger charge is -2.21. The van der Waals surface area contributed by atoms with Gasteiger partial charge in [-0.3, -0.25) is 9.69 Å². The smallest absolute Gasteiger partial charge is 0.416 e. The lowest BCUT2D eigenvalue weighted by molar-refractivity contribution is -0.143. The number of benzene rings is 1. The van der Waals surface area contributed by atoms with Crippen LogP contribution in [0.5, 0.6) is 0 Å². The fourth-order valence-electron chi connectivity index (χ4n) is 2.33. The molecule has 0 bridgehead atoms. The monoisotopic (exact) mass is 315 g/mol. The van der Waals surface area contributed by atoms with E-state index in [9.17, 15) is 18.0 Å². The number of ether oxygens (including phenoxy) is 1. The number of hydrogen-bond donors (Lipinski definition) is 0. The van der Waals surface area contributed by atoms with Crippen molar-refractivity contribution >= 4 is 5.97 Å². The van der Waals surface area contributed by atoms with Crippen LogP contribution in [-0.2, 0) is 22.3 Å². The summed E-state index contributed by atoms with van der Waals surface area (Å²) in [6.07, 6.45) is -1.85. The maximum atomic E-state index is 12.5. The zero-order chi connectivity index (χ0) is 16.2. The van der Waals surface area contributed by atoms with E-state index in [1.807, 2.05) is 0 Å². The Hall–Kier alpha value is -1.56.